The Morgan fingerprint density at radius 2 is 2.27 bits per heavy atom. The zero-order valence-corrected chi connectivity index (χ0v) is 7.67. The average Bonchev–Trinajstić information content (AvgIpc) is 1.97. The van der Waals surface area contributed by atoms with Crippen LogP contribution in [-0.4, -0.2) is 18.3 Å². The van der Waals surface area contributed by atoms with Gasteiger partial charge in [-0.15, -0.1) is 0 Å². The van der Waals surface area contributed by atoms with E-state index in [9.17, 15) is 0 Å². The van der Waals surface area contributed by atoms with Gasteiger partial charge in [-0.05, 0) is 26.3 Å². The summed E-state index contributed by atoms with van der Waals surface area (Å²) in [5.41, 5.74) is 6.69. The van der Waals surface area contributed by atoms with Crippen molar-refractivity contribution in [2.75, 3.05) is 6.54 Å². The number of hydrogen-bond acceptors (Lipinski definition) is 2. The smallest absolute Gasteiger partial charge is 0.0541 e. The zero-order valence-electron chi connectivity index (χ0n) is 7.67. The highest BCUT2D eigenvalue weighted by Gasteiger charge is 1.91. The van der Waals surface area contributed by atoms with Crippen molar-refractivity contribution in [3.8, 4) is 0 Å². The molecule has 0 heterocycles. The summed E-state index contributed by atoms with van der Waals surface area (Å²) < 4.78 is 0. The predicted molar refractivity (Wildman–Crippen MR) is 51.1 cm³/mol. The molecule has 1 atom stereocenters. The van der Waals surface area contributed by atoms with E-state index in [1.807, 2.05) is 26.0 Å². The van der Waals surface area contributed by atoms with Gasteiger partial charge in [0, 0.05) is 11.8 Å². The van der Waals surface area contributed by atoms with E-state index in [4.69, 9.17) is 5.73 Å². The molecule has 11 heavy (non-hydrogen) atoms. The molecule has 0 aliphatic rings. The minimum atomic E-state index is 0.168. The van der Waals surface area contributed by atoms with Crippen LogP contribution in [0, 0.1) is 0 Å². The van der Waals surface area contributed by atoms with Gasteiger partial charge in [-0.1, -0.05) is 13.0 Å². The molecule has 0 saturated heterocycles. The van der Waals surface area contributed by atoms with Crippen LogP contribution >= 0.6 is 0 Å². The fraction of sp³-hybridized carbons (Fsp3) is 0.667. The van der Waals surface area contributed by atoms with E-state index >= 15 is 0 Å². The fourth-order valence-corrected chi connectivity index (χ4v) is 0.736. The molecule has 0 aliphatic carbocycles. The number of hydrogen-bond donors (Lipinski definition) is 1. The van der Waals surface area contributed by atoms with Crippen molar-refractivity contribution in [1.29, 1.82) is 0 Å². The fourth-order valence-electron chi connectivity index (χ4n) is 0.736. The molecular weight excluding hydrogens is 136 g/mol. The molecule has 0 radical (unpaired) electrons. The maximum atomic E-state index is 5.56. The molecule has 2 nitrogen and oxygen atoms in total. The first kappa shape index (κ1) is 10.4. The van der Waals surface area contributed by atoms with Gasteiger partial charge in [0.2, 0.25) is 0 Å². The van der Waals surface area contributed by atoms with E-state index in [1.54, 1.807) is 0 Å². The highest BCUT2D eigenvalue weighted by atomic mass is 14.8. The van der Waals surface area contributed by atoms with Crippen LogP contribution in [0.15, 0.2) is 17.1 Å². The molecule has 0 unspecified atom stereocenters. The van der Waals surface area contributed by atoms with Gasteiger partial charge < -0.3 is 5.73 Å². The Hall–Kier alpha value is -0.630. The Balaban J connectivity index is 3.90. The van der Waals surface area contributed by atoms with Gasteiger partial charge >= 0.3 is 0 Å². The van der Waals surface area contributed by atoms with Crippen LogP contribution in [-0.2, 0) is 0 Å². The summed E-state index contributed by atoms with van der Waals surface area (Å²) >= 11 is 0. The molecule has 0 fully saturated rings. The van der Waals surface area contributed by atoms with E-state index in [0.29, 0.717) is 0 Å². The summed E-state index contributed by atoms with van der Waals surface area (Å²) in [5.74, 6) is 0. The summed E-state index contributed by atoms with van der Waals surface area (Å²) in [6.45, 7) is 6.79. The van der Waals surface area contributed by atoms with E-state index in [2.05, 4.69) is 11.9 Å². The lowest BCUT2D eigenvalue weighted by atomic mass is 10.2. The third kappa shape index (κ3) is 5.80. The normalized spacial score (nSPS) is 15.8. The second-order valence-electron chi connectivity index (χ2n) is 2.66. The van der Waals surface area contributed by atoms with Gasteiger partial charge in [0.1, 0.15) is 0 Å². The Kier molecular flexibility index (Phi) is 5.75. The summed E-state index contributed by atoms with van der Waals surface area (Å²) in [6.07, 6.45) is 5.02. The standard InChI is InChI=1S/C9H18N2/c1-4-6-9(5-2)11-7-8(3)10/h4,6,8H,5,7,10H2,1-3H3/b6-4-,11-9?/t8-/m0/s1. The quantitative estimate of drug-likeness (QED) is 0.616. The summed E-state index contributed by atoms with van der Waals surface area (Å²) in [5, 5.41) is 0. The van der Waals surface area contributed by atoms with Crippen LogP contribution in [0.2, 0.25) is 0 Å². The summed E-state index contributed by atoms with van der Waals surface area (Å²) in [7, 11) is 0. The lowest BCUT2D eigenvalue weighted by Crippen LogP contribution is -2.19. The summed E-state index contributed by atoms with van der Waals surface area (Å²) in [4.78, 5) is 4.34. The van der Waals surface area contributed by atoms with E-state index in [1.165, 1.54) is 0 Å². The van der Waals surface area contributed by atoms with Crippen LogP contribution in [0.25, 0.3) is 0 Å². The minimum absolute atomic E-state index is 0.168. The second-order valence-corrected chi connectivity index (χ2v) is 2.66. The molecule has 2 N–H and O–H groups in total. The molecule has 0 aromatic heterocycles. The van der Waals surface area contributed by atoms with Gasteiger partial charge in [-0.3, -0.25) is 4.99 Å². The Bertz CT molecular complexity index is 146. The number of nitrogens with zero attached hydrogens (tertiary/aromatic N) is 1. The molecule has 0 spiro atoms. The van der Waals surface area contributed by atoms with Gasteiger partial charge in [0.05, 0.1) is 6.54 Å². The summed E-state index contributed by atoms with van der Waals surface area (Å²) in [6, 6.07) is 0.168. The van der Waals surface area contributed by atoms with Gasteiger partial charge in [0.25, 0.3) is 0 Å². The second kappa shape index (κ2) is 6.10. The van der Waals surface area contributed by atoms with Crippen molar-refractivity contribution >= 4 is 5.71 Å². The highest BCUT2D eigenvalue weighted by Crippen LogP contribution is 1.90. The van der Waals surface area contributed by atoms with Gasteiger partial charge in [-0.25, -0.2) is 0 Å². The number of aliphatic imine (C=N–C) groups is 1. The maximum absolute atomic E-state index is 5.56. The van der Waals surface area contributed by atoms with Crippen molar-refractivity contribution in [1.82, 2.24) is 0 Å². The molecular formula is C9H18N2. The highest BCUT2D eigenvalue weighted by molar-refractivity contribution is 5.94. The largest absolute Gasteiger partial charge is 0.326 e. The topological polar surface area (TPSA) is 38.4 Å². The van der Waals surface area contributed by atoms with Gasteiger partial charge in [-0.2, -0.15) is 0 Å². The minimum Gasteiger partial charge on any atom is -0.326 e. The molecule has 0 amide bonds. The van der Waals surface area contributed by atoms with Crippen LogP contribution in [0.5, 0.6) is 0 Å². The van der Waals surface area contributed by atoms with Crippen molar-refractivity contribution in [3.05, 3.63) is 12.2 Å². The van der Waals surface area contributed by atoms with Gasteiger partial charge in [0.15, 0.2) is 0 Å². The molecule has 2 heteroatoms. The molecule has 0 aliphatic heterocycles. The Labute approximate surface area is 69.2 Å². The number of nitrogens with two attached hydrogens (primary N) is 1. The SMILES string of the molecule is C/C=C\C(CC)=NC[C@H](C)N. The maximum Gasteiger partial charge on any atom is 0.0541 e. The van der Waals surface area contributed by atoms with Crippen molar-refractivity contribution < 1.29 is 0 Å². The molecule has 64 valence electrons. The first-order valence-corrected chi connectivity index (χ1v) is 4.12. The van der Waals surface area contributed by atoms with Crippen molar-refractivity contribution in [2.24, 2.45) is 10.7 Å². The van der Waals surface area contributed by atoms with Crippen LogP contribution in [0.4, 0.5) is 0 Å². The van der Waals surface area contributed by atoms with Crippen molar-refractivity contribution in [3.63, 3.8) is 0 Å². The molecule has 0 bridgehead atoms. The third-order valence-electron chi connectivity index (χ3n) is 1.30. The lowest BCUT2D eigenvalue weighted by Gasteiger charge is -2.00. The molecule has 0 rings (SSSR count). The average molecular weight is 154 g/mol. The van der Waals surface area contributed by atoms with Crippen LogP contribution in [0.3, 0.4) is 0 Å². The Morgan fingerprint density at radius 1 is 1.64 bits per heavy atom. The van der Waals surface area contributed by atoms with E-state index in [0.717, 1.165) is 18.7 Å². The van der Waals surface area contributed by atoms with Crippen LogP contribution in [0.1, 0.15) is 27.2 Å². The predicted octanol–water partition coefficient (Wildman–Crippen LogP) is 1.76. The zero-order chi connectivity index (χ0) is 8.69. The molecule has 0 saturated carbocycles. The number of rotatable bonds is 4. The monoisotopic (exact) mass is 154 g/mol. The third-order valence-corrected chi connectivity index (χ3v) is 1.30. The van der Waals surface area contributed by atoms with Crippen LogP contribution < -0.4 is 5.73 Å². The van der Waals surface area contributed by atoms with E-state index in [-0.39, 0.29) is 6.04 Å². The Morgan fingerprint density at radius 3 is 2.64 bits per heavy atom. The van der Waals surface area contributed by atoms with E-state index < -0.39 is 0 Å². The first-order valence-electron chi connectivity index (χ1n) is 4.12. The number of allylic oxidation sites excluding steroid dienone is 2. The lowest BCUT2D eigenvalue weighted by molar-refractivity contribution is 0.752. The first-order chi connectivity index (χ1) is 5.20. The molecule has 0 aromatic carbocycles. The van der Waals surface area contributed by atoms with Crippen molar-refractivity contribution in [2.45, 2.75) is 33.2 Å². The molecule has 0 aromatic rings.